The number of nitrogens with one attached hydrogen (secondary N) is 2. The molecule has 0 atom stereocenters. The lowest BCUT2D eigenvalue weighted by Gasteiger charge is -2.16. The molecular formula is C17H16Br2N2O3. The maximum Gasteiger partial charge on any atom is 0.203 e. The summed E-state index contributed by atoms with van der Waals surface area (Å²) in [6, 6.07) is 7.75. The van der Waals surface area contributed by atoms with Gasteiger partial charge in [0.2, 0.25) is 5.75 Å². The molecule has 0 radical (unpaired) electrons. The van der Waals surface area contributed by atoms with Gasteiger partial charge in [0.1, 0.15) is 0 Å². The van der Waals surface area contributed by atoms with Gasteiger partial charge in [0, 0.05) is 17.3 Å². The van der Waals surface area contributed by atoms with E-state index in [2.05, 4.69) is 41.8 Å². The zero-order chi connectivity index (χ0) is 17.3. The Labute approximate surface area is 156 Å². The summed E-state index contributed by atoms with van der Waals surface area (Å²) in [7, 11) is 4.80. The molecule has 2 N–H and O–H groups in total. The molecule has 0 bridgehead atoms. The van der Waals surface area contributed by atoms with Gasteiger partial charge >= 0.3 is 0 Å². The van der Waals surface area contributed by atoms with Crippen molar-refractivity contribution in [3.8, 4) is 39.8 Å². The summed E-state index contributed by atoms with van der Waals surface area (Å²) in [5.74, 6) is 1.78. The van der Waals surface area contributed by atoms with E-state index in [4.69, 9.17) is 14.2 Å². The molecule has 0 amide bonds. The van der Waals surface area contributed by atoms with Crippen LogP contribution in [0.3, 0.4) is 0 Å². The molecule has 0 spiro atoms. The van der Waals surface area contributed by atoms with Gasteiger partial charge in [-0.1, -0.05) is 0 Å². The summed E-state index contributed by atoms with van der Waals surface area (Å²) in [6.45, 7) is 0. The third-order valence-corrected chi connectivity index (χ3v) is 5.12. The topological polar surface area (TPSA) is 59.3 Å². The van der Waals surface area contributed by atoms with Gasteiger partial charge in [0.05, 0.1) is 41.8 Å². The number of hydrogen-bond acceptors (Lipinski definition) is 3. The van der Waals surface area contributed by atoms with E-state index in [9.17, 15) is 0 Å². The number of aromatic amines is 2. The zero-order valence-electron chi connectivity index (χ0n) is 13.4. The van der Waals surface area contributed by atoms with Crippen LogP contribution in [0.1, 0.15) is 0 Å². The first-order valence-corrected chi connectivity index (χ1v) is 8.71. The molecule has 0 aliphatic rings. The zero-order valence-corrected chi connectivity index (χ0v) is 16.5. The summed E-state index contributed by atoms with van der Waals surface area (Å²) in [4.78, 5) is 6.54. The highest BCUT2D eigenvalue weighted by atomic mass is 79.9. The quantitative estimate of drug-likeness (QED) is 0.553. The first-order valence-electron chi connectivity index (χ1n) is 7.12. The van der Waals surface area contributed by atoms with Crippen molar-refractivity contribution in [1.29, 1.82) is 0 Å². The van der Waals surface area contributed by atoms with Gasteiger partial charge < -0.3 is 24.2 Å². The van der Waals surface area contributed by atoms with Gasteiger partial charge in [0.25, 0.3) is 0 Å². The van der Waals surface area contributed by atoms with Crippen molar-refractivity contribution in [2.45, 2.75) is 0 Å². The van der Waals surface area contributed by atoms with Gasteiger partial charge in [-0.25, -0.2) is 0 Å². The maximum atomic E-state index is 5.61. The van der Waals surface area contributed by atoms with Gasteiger partial charge in [0.15, 0.2) is 11.5 Å². The third-order valence-electron chi connectivity index (χ3n) is 3.73. The third kappa shape index (κ3) is 2.71. The normalized spacial score (nSPS) is 10.7. The fraction of sp³-hybridized carbons (Fsp3) is 0.176. The van der Waals surface area contributed by atoms with Crippen molar-refractivity contribution in [1.82, 2.24) is 9.97 Å². The average molecular weight is 456 g/mol. The minimum Gasteiger partial charge on any atom is -0.493 e. The van der Waals surface area contributed by atoms with E-state index >= 15 is 0 Å². The number of methoxy groups -OCH3 is 3. The van der Waals surface area contributed by atoms with Gasteiger partial charge in [-0.05, 0) is 56.1 Å². The number of hydrogen-bond donors (Lipinski definition) is 2. The summed E-state index contributed by atoms with van der Waals surface area (Å²) in [5, 5.41) is 0. The molecule has 0 fully saturated rings. The van der Waals surface area contributed by atoms with Crippen molar-refractivity contribution < 1.29 is 14.2 Å². The van der Waals surface area contributed by atoms with Crippen molar-refractivity contribution in [2.75, 3.05) is 21.3 Å². The van der Waals surface area contributed by atoms with E-state index in [1.807, 2.05) is 30.5 Å². The molecule has 2 heterocycles. The van der Waals surface area contributed by atoms with Crippen LogP contribution in [0.2, 0.25) is 0 Å². The SMILES string of the molecule is COc1ccc(-c2c(Br)[nH]c(-c3ccc[nH]3)c2Br)c(OC)c1OC. The van der Waals surface area contributed by atoms with Crippen LogP contribution < -0.4 is 14.2 Å². The number of halogens is 2. The molecule has 7 heteroatoms. The Bertz CT molecular complexity index is 857. The Morgan fingerprint density at radius 1 is 0.917 bits per heavy atom. The standard InChI is InChI=1S/C17H16Br2N2O3/c1-22-11-7-6-9(15(23-2)16(11)24-3)12-13(18)14(21-17(12)19)10-5-4-8-20-10/h4-8,20-21H,1-3H3. The average Bonchev–Trinajstić information content (AvgIpc) is 3.21. The van der Waals surface area contributed by atoms with E-state index < -0.39 is 0 Å². The minimum absolute atomic E-state index is 0.555. The fourth-order valence-corrected chi connectivity index (χ4v) is 4.26. The van der Waals surface area contributed by atoms with E-state index in [1.54, 1.807) is 21.3 Å². The van der Waals surface area contributed by atoms with E-state index in [0.717, 1.165) is 31.6 Å². The van der Waals surface area contributed by atoms with Crippen LogP contribution in [-0.2, 0) is 0 Å². The summed E-state index contributed by atoms with van der Waals surface area (Å²) in [6.07, 6.45) is 1.88. The highest BCUT2D eigenvalue weighted by Crippen LogP contribution is 2.49. The van der Waals surface area contributed by atoms with Crippen LogP contribution in [0.5, 0.6) is 17.2 Å². The largest absolute Gasteiger partial charge is 0.493 e. The molecule has 0 saturated heterocycles. The second-order valence-electron chi connectivity index (χ2n) is 4.97. The fourth-order valence-electron chi connectivity index (χ4n) is 2.65. The van der Waals surface area contributed by atoms with Crippen molar-refractivity contribution in [3.63, 3.8) is 0 Å². The van der Waals surface area contributed by atoms with Crippen LogP contribution in [0.25, 0.3) is 22.5 Å². The molecule has 0 aliphatic carbocycles. The minimum atomic E-state index is 0.555. The lowest BCUT2D eigenvalue weighted by molar-refractivity contribution is 0.325. The molecule has 0 unspecified atom stereocenters. The summed E-state index contributed by atoms with van der Waals surface area (Å²) < 4.78 is 18.2. The Morgan fingerprint density at radius 2 is 1.67 bits per heavy atom. The van der Waals surface area contributed by atoms with E-state index in [-0.39, 0.29) is 0 Å². The Kier molecular flexibility index (Phi) is 4.91. The Hall–Kier alpha value is -1.86. The number of aromatic nitrogens is 2. The molecular weight excluding hydrogens is 440 g/mol. The predicted molar refractivity (Wildman–Crippen MR) is 101 cm³/mol. The molecule has 126 valence electrons. The predicted octanol–water partition coefficient (Wildman–Crippen LogP) is 5.23. The smallest absolute Gasteiger partial charge is 0.203 e. The van der Waals surface area contributed by atoms with Crippen LogP contribution in [-0.4, -0.2) is 31.3 Å². The van der Waals surface area contributed by atoms with Crippen molar-refractivity contribution in [2.24, 2.45) is 0 Å². The second-order valence-corrected chi connectivity index (χ2v) is 6.55. The van der Waals surface area contributed by atoms with Gasteiger partial charge in [-0.2, -0.15) is 0 Å². The monoisotopic (exact) mass is 454 g/mol. The Morgan fingerprint density at radius 3 is 2.25 bits per heavy atom. The second kappa shape index (κ2) is 6.94. The highest BCUT2D eigenvalue weighted by molar-refractivity contribution is 9.11. The summed E-state index contributed by atoms with van der Waals surface area (Å²) >= 11 is 7.31. The number of H-pyrrole nitrogens is 2. The first-order chi connectivity index (χ1) is 11.6. The maximum absolute atomic E-state index is 5.61. The Balaban J connectivity index is 2.23. The first kappa shape index (κ1) is 17.0. The number of benzene rings is 1. The molecule has 24 heavy (non-hydrogen) atoms. The molecule has 2 aromatic heterocycles. The van der Waals surface area contributed by atoms with Crippen molar-refractivity contribution in [3.05, 3.63) is 39.5 Å². The van der Waals surface area contributed by atoms with E-state index in [1.165, 1.54) is 0 Å². The molecule has 3 aromatic rings. The van der Waals surface area contributed by atoms with Crippen molar-refractivity contribution >= 4 is 31.9 Å². The molecule has 5 nitrogen and oxygen atoms in total. The molecule has 0 saturated carbocycles. The van der Waals surface area contributed by atoms with Gasteiger partial charge in [-0.15, -0.1) is 0 Å². The van der Waals surface area contributed by atoms with Crippen LogP contribution >= 0.6 is 31.9 Å². The van der Waals surface area contributed by atoms with Crippen LogP contribution in [0, 0.1) is 0 Å². The molecule has 1 aromatic carbocycles. The number of rotatable bonds is 5. The van der Waals surface area contributed by atoms with E-state index in [0.29, 0.717) is 17.2 Å². The van der Waals surface area contributed by atoms with Gasteiger partial charge in [-0.3, -0.25) is 0 Å². The molecule has 3 rings (SSSR count). The lowest BCUT2D eigenvalue weighted by atomic mass is 10.1. The van der Waals surface area contributed by atoms with Crippen LogP contribution in [0.15, 0.2) is 39.5 Å². The number of ether oxygens (including phenoxy) is 3. The summed E-state index contributed by atoms with van der Waals surface area (Å²) in [5.41, 5.74) is 3.74. The highest BCUT2D eigenvalue weighted by Gasteiger charge is 2.24. The van der Waals surface area contributed by atoms with Crippen LogP contribution in [0.4, 0.5) is 0 Å². The molecule has 0 aliphatic heterocycles. The lowest BCUT2D eigenvalue weighted by Crippen LogP contribution is -1.97.